The van der Waals surface area contributed by atoms with E-state index in [1.54, 1.807) is 0 Å². The quantitative estimate of drug-likeness (QED) is 0.272. The van der Waals surface area contributed by atoms with Gasteiger partial charge in [0.15, 0.2) is 0 Å². The number of aryl methyl sites for hydroxylation is 1. The maximum atomic E-state index is 6.04. The highest BCUT2D eigenvalue weighted by Gasteiger charge is 2.14. The van der Waals surface area contributed by atoms with Crippen molar-refractivity contribution in [3.8, 4) is 16.8 Å². The van der Waals surface area contributed by atoms with Crippen LogP contribution in [0.1, 0.15) is 5.56 Å². The summed E-state index contributed by atoms with van der Waals surface area (Å²) < 4.78 is 8.42. The van der Waals surface area contributed by atoms with E-state index in [-0.39, 0.29) is 0 Å². The van der Waals surface area contributed by atoms with E-state index in [1.807, 2.05) is 12.1 Å². The number of nitrogens with zero attached hydrogens (tertiary/aromatic N) is 1. The van der Waals surface area contributed by atoms with Gasteiger partial charge in [0.1, 0.15) is 11.2 Å². The van der Waals surface area contributed by atoms with Crippen LogP contribution in [0.25, 0.3) is 60.6 Å². The van der Waals surface area contributed by atoms with Gasteiger partial charge in [-0.1, -0.05) is 66.7 Å². The molecule has 33 heavy (non-hydrogen) atoms. The topological polar surface area (TPSA) is 18.1 Å². The van der Waals surface area contributed by atoms with Crippen LogP contribution in [0, 0.1) is 6.92 Å². The molecule has 0 aliphatic heterocycles. The first-order valence-electron chi connectivity index (χ1n) is 11.3. The maximum absolute atomic E-state index is 6.04. The summed E-state index contributed by atoms with van der Waals surface area (Å²) in [7, 11) is 0. The molecule has 0 saturated carbocycles. The zero-order valence-corrected chi connectivity index (χ0v) is 18.2. The van der Waals surface area contributed by atoms with Gasteiger partial charge in [0.25, 0.3) is 0 Å². The van der Waals surface area contributed by atoms with Crippen LogP contribution >= 0.6 is 0 Å². The second-order valence-corrected chi connectivity index (χ2v) is 8.73. The van der Waals surface area contributed by atoms with Crippen molar-refractivity contribution in [1.82, 2.24) is 4.57 Å². The van der Waals surface area contributed by atoms with Gasteiger partial charge in [-0.3, -0.25) is 0 Å². The fourth-order valence-corrected chi connectivity index (χ4v) is 5.10. The highest BCUT2D eigenvalue weighted by molar-refractivity contribution is 6.11. The van der Waals surface area contributed by atoms with Crippen molar-refractivity contribution in [1.29, 1.82) is 0 Å². The molecule has 156 valence electrons. The molecule has 0 spiro atoms. The van der Waals surface area contributed by atoms with E-state index in [9.17, 15) is 0 Å². The van der Waals surface area contributed by atoms with Gasteiger partial charge in [0.2, 0.25) is 0 Å². The number of para-hydroxylation sites is 2. The third-order valence-electron chi connectivity index (χ3n) is 6.64. The molecule has 5 aromatic carbocycles. The van der Waals surface area contributed by atoms with Crippen molar-refractivity contribution in [2.24, 2.45) is 0 Å². The minimum absolute atomic E-state index is 0.926. The van der Waals surface area contributed by atoms with Crippen LogP contribution in [0.15, 0.2) is 114 Å². The van der Waals surface area contributed by atoms with Gasteiger partial charge in [0.05, 0.1) is 11.0 Å². The van der Waals surface area contributed by atoms with Crippen molar-refractivity contribution < 1.29 is 4.42 Å². The van der Waals surface area contributed by atoms with Crippen LogP contribution in [0.5, 0.6) is 0 Å². The molecule has 0 aliphatic rings. The number of fused-ring (bicyclic) bond motifs is 6. The molecule has 0 atom stereocenters. The van der Waals surface area contributed by atoms with Crippen LogP contribution in [0.3, 0.4) is 0 Å². The second kappa shape index (κ2) is 6.85. The Labute approximate surface area is 191 Å². The Bertz CT molecular complexity index is 1830. The van der Waals surface area contributed by atoms with E-state index in [2.05, 4.69) is 109 Å². The maximum Gasteiger partial charge on any atom is 0.135 e. The molecular weight excluding hydrogens is 402 g/mol. The lowest BCUT2D eigenvalue weighted by molar-refractivity contribution is 0.669. The summed E-state index contributed by atoms with van der Waals surface area (Å²) >= 11 is 0. The van der Waals surface area contributed by atoms with E-state index in [1.165, 1.54) is 44.2 Å². The van der Waals surface area contributed by atoms with Crippen LogP contribution in [-0.2, 0) is 0 Å². The van der Waals surface area contributed by atoms with Crippen molar-refractivity contribution in [2.75, 3.05) is 0 Å². The Morgan fingerprint density at radius 2 is 1.24 bits per heavy atom. The molecule has 7 aromatic rings. The summed E-state index contributed by atoms with van der Waals surface area (Å²) in [5.41, 5.74) is 9.14. The summed E-state index contributed by atoms with van der Waals surface area (Å²) in [4.78, 5) is 0. The van der Waals surface area contributed by atoms with Gasteiger partial charge in [-0.05, 0) is 66.1 Å². The van der Waals surface area contributed by atoms with E-state index in [4.69, 9.17) is 4.42 Å². The SMILES string of the molecule is Cc1cccc(-n2c3ccccc3c3ccc(-c4ccc5oc6ccccc6c5c4)cc32)c1. The standard InChI is InChI=1S/C31H21NO/c1-20-7-6-8-23(17-20)32-28-11-4-2-9-24(28)25-15-13-22(19-29(25)32)21-14-16-31-27(18-21)26-10-3-5-12-30(26)33-31/h2-19H,1H3. The Balaban J connectivity index is 1.51. The highest BCUT2D eigenvalue weighted by atomic mass is 16.3. The lowest BCUT2D eigenvalue weighted by Crippen LogP contribution is -1.94. The van der Waals surface area contributed by atoms with Crippen molar-refractivity contribution in [3.05, 3.63) is 115 Å². The van der Waals surface area contributed by atoms with Crippen molar-refractivity contribution >= 4 is 43.7 Å². The van der Waals surface area contributed by atoms with E-state index < -0.39 is 0 Å². The van der Waals surface area contributed by atoms with Gasteiger partial charge in [0, 0.05) is 27.2 Å². The predicted molar refractivity (Wildman–Crippen MR) is 138 cm³/mol. The molecule has 0 bridgehead atoms. The number of rotatable bonds is 2. The summed E-state index contributed by atoms with van der Waals surface area (Å²) in [5.74, 6) is 0. The molecule has 0 radical (unpaired) electrons. The van der Waals surface area contributed by atoms with Crippen LogP contribution < -0.4 is 0 Å². The first-order valence-corrected chi connectivity index (χ1v) is 11.3. The first kappa shape index (κ1) is 18.3. The van der Waals surface area contributed by atoms with Crippen LogP contribution in [0.4, 0.5) is 0 Å². The molecule has 2 heterocycles. The summed E-state index contributed by atoms with van der Waals surface area (Å²) in [6, 6.07) is 38.9. The molecule has 0 saturated heterocycles. The van der Waals surface area contributed by atoms with Gasteiger partial charge < -0.3 is 8.98 Å². The van der Waals surface area contributed by atoms with Gasteiger partial charge >= 0.3 is 0 Å². The molecule has 0 aliphatic carbocycles. The van der Waals surface area contributed by atoms with Crippen LogP contribution in [0.2, 0.25) is 0 Å². The third kappa shape index (κ3) is 2.74. The largest absolute Gasteiger partial charge is 0.456 e. The number of benzene rings is 5. The average Bonchev–Trinajstić information content (AvgIpc) is 3.39. The zero-order chi connectivity index (χ0) is 21.9. The molecule has 2 heteroatoms. The Morgan fingerprint density at radius 1 is 0.515 bits per heavy atom. The molecule has 7 rings (SSSR count). The minimum Gasteiger partial charge on any atom is -0.456 e. The fraction of sp³-hybridized carbons (Fsp3) is 0.0323. The smallest absolute Gasteiger partial charge is 0.135 e. The van der Waals surface area contributed by atoms with Crippen LogP contribution in [-0.4, -0.2) is 4.57 Å². The number of hydrogen-bond donors (Lipinski definition) is 0. The molecule has 0 N–H and O–H groups in total. The van der Waals surface area contributed by atoms with Crippen molar-refractivity contribution in [3.63, 3.8) is 0 Å². The lowest BCUT2D eigenvalue weighted by atomic mass is 10.0. The molecule has 0 fully saturated rings. The Morgan fingerprint density at radius 3 is 2.15 bits per heavy atom. The van der Waals surface area contributed by atoms with Gasteiger partial charge in [-0.15, -0.1) is 0 Å². The molecular formula is C31H21NO. The summed E-state index contributed by atoms with van der Waals surface area (Å²) in [6.45, 7) is 2.15. The van der Waals surface area contributed by atoms with E-state index in [0.717, 1.165) is 21.9 Å². The first-order chi connectivity index (χ1) is 16.3. The van der Waals surface area contributed by atoms with Gasteiger partial charge in [-0.25, -0.2) is 0 Å². The highest BCUT2D eigenvalue weighted by Crippen LogP contribution is 2.37. The second-order valence-electron chi connectivity index (χ2n) is 8.73. The van der Waals surface area contributed by atoms with Crippen molar-refractivity contribution in [2.45, 2.75) is 6.92 Å². The average molecular weight is 424 g/mol. The Kier molecular flexibility index (Phi) is 3.80. The zero-order valence-electron chi connectivity index (χ0n) is 18.2. The third-order valence-corrected chi connectivity index (χ3v) is 6.64. The van der Waals surface area contributed by atoms with E-state index in [0.29, 0.717) is 0 Å². The molecule has 0 amide bonds. The molecule has 2 aromatic heterocycles. The monoisotopic (exact) mass is 423 g/mol. The molecule has 0 unspecified atom stereocenters. The van der Waals surface area contributed by atoms with E-state index >= 15 is 0 Å². The summed E-state index contributed by atoms with van der Waals surface area (Å²) in [5, 5.41) is 4.86. The number of hydrogen-bond acceptors (Lipinski definition) is 1. The normalized spacial score (nSPS) is 11.8. The lowest BCUT2D eigenvalue weighted by Gasteiger charge is -2.10. The minimum atomic E-state index is 0.926. The molecule has 2 nitrogen and oxygen atoms in total. The fourth-order valence-electron chi connectivity index (χ4n) is 5.10. The summed E-state index contributed by atoms with van der Waals surface area (Å²) in [6.07, 6.45) is 0. The number of furan rings is 1. The number of aromatic nitrogens is 1. The van der Waals surface area contributed by atoms with Gasteiger partial charge in [-0.2, -0.15) is 0 Å². The Hall–Kier alpha value is -4.30. The predicted octanol–water partition coefficient (Wildman–Crippen LogP) is 8.66.